The van der Waals surface area contributed by atoms with Gasteiger partial charge < -0.3 is 25.1 Å². The molecular formula is C24H21Cl2N5O6. The van der Waals surface area contributed by atoms with Gasteiger partial charge in [0.15, 0.2) is 0 Å². The number of nitrogens with zero attached hydrogens (tertiary/aromatic N) is 1. The molecule has 0 radical (unpaired) electrons. The highest BCUT2D eigenvalue weighted by Gasteiger charge is 2.15. The first-order valence-electron chi connectivity index (χ1n) is 10.7. The maximum atomic E-state index is 12.0. The largest absolute Gasteiger partial charge is 0.494 e. The van der Waals surface area contributed by atoms with Gasteiger partial charge in [-0.2, -0.15) is 5.10 Å². The zero-order valence-electron chi connectivity index (χ0n) is 19.3. The molecule has 0 bridgehead atoms. The summed E-state index contributed by atoms with van der Waals surface area (Å²) in [5.41, 5.74) is 2.76. The van der Waals surface area contributed by atoms with Crippen LogP contribution in [0.1, 0.15) is 18.4 Å². The summed E-state index contributed by atoms with van der Waals surface area (Å²) in [5, 5.41) is 11.5. The number of rotatable bonds is 8. The zero-order valence-corrected chi connectivity index (χ0v) is 20.9. The third-order valence-corrected chi connectivity index (χ3v) is 4.86. The van der Waals surface area contributed by atoms with Gasteiger partial charge in [0.1, 0.15) is 17.3 Å². The molecule has 0 spiro atoms. The molecule has 192 valence electrons. The number of benzene rings is 2. The standard InChI is InChI=1S/C24H21Cl2N5O6/c1-2-36-18-5-3-16(4-6-18)29-23(34)24(35)31-28-13-20-8-7-19(37-20)12-27-21(32)22(33)30-17-10-14(25)9-15(26)11-17/h3-11,13H,2,12H2,1H3,(H,27,32)(H,29,34)(H,30,33)(H,31,35)/b28-13+. The lowest BCUT2D eigenvalue weighted by Gasteiger charge is -2.06. The fraction of sp³-hybridized carbons (Fsp3) is 0.125. The molecule has 4 amide bonds. The molecule has 1 aromatic heterocycles. The fourth-order valence-corrected chi connectivity index (χ4v) is 3.34. The molecule has 11 nitrogen and oxygen atoms in total. The summed E-state index contributed by atoms with van der Waals surface area (Å²) in [7, 11) is 0. The number of anilines is 2. The molecule has 37 heavy (non-hydrogen) atoms. The Balaban J connectivity index is 1.43. The molecule has 0 saturated carbocycles. The maximum Gasteiger partial charge on any atom is 0.329 e. The molecular weight excluding hydrogens is 525 g/mol. The minimum Gasteiger partial charge on any atom is -0.494 e. The summed E-state index contributed by atoms with van der Waals surface area (Å²) in [6.07, 6.45) is 1.17. The third-order valence-electron chi connectivity index (χ3n) is 4.42. The van der Waals surface area contributed by atoms with E-state index in [0.29, 0.717) is 33.8 Å². The average molecular weight is 546 g/mol. The van der Waals surface area contributed by atoms with Gasteiger partial charge in [-0.3, -0.25) is 19.2 Å². The number of ether oxygens (including phenoxy) is 1. The molecule has 13 heteroatoms. The van der Waals surface area contributed by atoms with Gasteiger partial charge in [-0.05, 0) is 61.5 Å². The molecule has 2 aromatic carbocycles. The molecule has 0 unspecified atom stereocenters. The highest BCUT2D eigenvalue weighted by atomic mass is 35.5. The van der Waals surface area contributed by atoms with Crippen molar-refractivity contribution in [1.29, 1.82) is 0 Å². The summed E-state index contributed by atoms with van der Waals surface area (Å²) in [6, 6.07) is 13.9. The second kappa shape index (κ2) is 13.1. The normalized spacial score (nSPS) is 10.6. The maximum absolute atomic E-state index is 12.0. The minimum absolute atomic E-state index is 0.0900. The molecule has 0 saturated heterocycles. The smallest absolute Gasteiger partial charge is 0.329 e. The van der Waals surface area contributed by atoms with Crippen molar-refractivity contribution in [2.24, 2.45) is 5.10 Å². The van der Waals surface area contributed by atoms with E-state index in [4.69, 9.17) is 32.4 Å². The first kappa shape index (κ1) is 27.2. The summed E-state index contributed by atoms with van der Waals surface area (Å²) in [5.74, 6) is -2.55. The van der Waals surface area contributed by atoms with Gasteiger partial charge in [-0.15, -0.1) is 0 Å². The Hall–Kier alpha value is -4.35. The van der Waals surface area contributed by atoms with Crippen molar-refractivity contribution in [3.05, 3.63) is 76.2 Å². The second-order valence-electron chi connectivity index (χ2n) is 7.21. The quantitative estimate of drug-likeness (QED) is 0.193. The number of carbonyl (C=O) groups is 4. The van der Waals surface area contributed by atoms with Crippen LogP contribution in [-0.2, 0) is 25.7 Å². The summed E-state index contributed by atoms with van der Waals surface area (Å²) in [4.78, 5) is 48.0. The van der Waals surface area contributed by atoms with Gasteiger partial charge in [-0.1, -0.05) is 23.2 Å². The van der Waals surface area contributed by atoms with Crippen LogP contribution in [0.3, 0.4) is 0 Å². The number of carbonyl (C=O) groups excluding carboxylic acids is 4. The Morgan fingerprint density at radius 1 is 0.865 bits per heavy atom. The summed E-state index contributed by atoms with van der Waals surface area (Å²) < 4.78 is 10.7. The third kappa shape index (κ3) is 8.67. The van der Waals surface area contributed by atoms with Gasteiger partial charge >= 0.3 is 23.6 Å². The minimum atomic E-state index is -0.990. The lowest BCUT2D eigenvalue weighted by Crippen LogP contribution is -2.34. The number of amides is 4. The topological polar surface area (TPSA) is 151 Å². The van der Waals surface area contributed by atoms with Crippen LogP contribution in [-0.4, -0.2) is 36.5 Å². The van der Waals surface area contributed by atoms with E-state index in [1.807, 2.05) is 6.92 Å². The predicted molar refractivity (Wildman–Crippen MR) is 138 cm³/mol. The van der Waals surface area contributed by atoms with Gasteiger partial charge in [-0.25, -0.2) is 5.43 Å². The van der Waals surface area contributed by atoms with E-state index < -0.39 is 23.6 Å². The lowest BCUT2D eigenvalue weighted by molar-refractivity contribution is -0.136. The van der Waals surface area contributed by atoms with Crippen molar-refractivity contribution >= 4 is 64.4 Å². The fourth-order valence-electron chi connectivity index (χ4n) is 2.81. The molecule has 1 heterocycles. The van der Waals surface area contributed by atoms with Crippen molar-refractivity contribution in [2.45, 2.75) is 13.5 Å². The summed E-state index contributed by atoms with van der Waals surface area (Å²) in [6.45, 7) is 2.27. The first-order chi connectivity index (χ1) is 17.7. The average Bonchev–Trinajstić information content (AvgIpc) is 3.30. The number of furan rings is 1. The molecule has 0 aliphatic rings. The molecule has 0 aliphatic carbocycles. The highest BCUT2D eigenvalue weighted by molar-refractivity contribution is 6.40. The van der Waals surface area contributed by atoms with Gasteiger partial charge in [0.05, 0.1) is 19.4 Å². The Morgan fingerprint density at radius 2 is 1.51 bits per heavy atom. The number of nitrogens with one attached hydrogen (secondary N) is 4. The Labute approximate surface area is 221 Å². The number of hydrogen-bond acceptors (Lipinski definition) is 7. The Bertz CT molecular complexity index is 1300. The number of halogens is 2. The van der Waals surface area contributed by atoms with Crippen LogP contribution in [0.4, 0.5) is 11.4 Å². The van der Waals surface area contributed by atoms with Crippen LogP contribution < -0.4 is 26.1 Å². The van der Waals surface area contributed by atoms with E-state index in [1.165, 1.54) is 36.5 Å². The van der Waals surface area contributed by atoms with E-state index in [2.05, 4.69) is 26.5 Å². The molecule has 0 aliphatic heterocycles. The van der Waals surface area contributed by atoms with E-state index in [-0.39, 0.29) is 18.0 Å². The van der Waals surface area contributed by atoms with Crippen molar-refractivity contribution in [3.63, 3.8) is 0 Å². The van der Waals surface area contributed by atoms with Crippen molar-refractivity contribution in [1.82, 2.24) is 10.7 Å². The highest BCUT2D eigenvalue weighted by Crippen LogP contribution is 2.22. The van der Waals surface area contributed by atoms with Crippen LogP contribution in [0, 0.1) is 0 Å². The van der Waals surface area contributed by atoms with Gasteiger partial charge in [0.2, 0.25) is 0 Å². The van der Waals surface area contributed by atoms with E-state index in [0.717, 1.165) is 0 Å². The van der Waals surface area contributed by atoms with Crippen LogP contribution in [0.25, 0.3) is 0 Å². The monoisotopic (exact) mass is 545 g/mol. The number of hydrogen-bond donors (Lipinski definition) is 4. The predicted octanol–water partition coefficient (Wildman–Crippen LogP) is 3.33. The SMILES string of the molecule is CCOc1ccc(NC(=O)C(=O)N/N=C/c2ccc(CNC(=O)C(=O)Nc3cc(Cl)cc(Cl)c3)o2)cc1. The number of hydrazone groups is 1. The Kier molecular flexibility index (Phi) is 9.64. The van der Waals surface area contributed by atoms with Crippen molar-refractivity contribution < 1.29 is 28.3 Å². The van der Waals surface area contributed by atoms with Crippen LogP contribution in [0.5, 0.6) is 5.75 Å². The second-order valence-corrected chi connectivity index (χ2v) is 8.08. The van der Waals surface area contributed by atoms with Crippen LogP contribution in [0.15, 0.2) is 64.1 Å². The van der Waals surface area contributed by atoms with Crippen molar-refractivity contribution in [3.8, 4) is 5.75 Å². The van der Waals surface area contributed by atoms with Crippen LogP contribution in [0.2, 0.25) is 10.0 Å². The van der Waals surface area contributed by atoms with Gasteiger partial charge in [0.25, 0.3) is 0 Å². The summed E-state index contributed by atoms with van der Waals surface area (Å²) >= 11 is 11.7. The molecule has 4 N–H and O–H groups in total. The van der Waals surface area contributed by atoms with Crippen molar-refractivity contribution in [2.75, 3.05) is 17.2 Å². The van der Waals surface area contributed by atoms with E-state index in [9.17, 15) is 19.2 Å². The van der Waals surface area contributed by atoms with E-state index in [1.54, 1.807) is 24.3 Å². The van der Waals surface area contributed by atoms with Gasteiger partial charge in [0, 0.05) is 21.4 Å². The molecule has 3 rings (SSSR count). The molecule has 0 atom stereocenters. The first-order valence-corrected chi connectivity index (χ1v) is 11.5. The lowest BCUT2D eigenvalue weighted by atomic mass is 10.3. The van der Waals surface area contributed by atoms with Crippen LogP contribution >= 0.6 is 23.2 Å². The molecule has 3 aromatic rings. The zero-order chi connectivity index (χ0) is 26.8. The Morgan fingerprint density at radius 3 is 2.19 bits per heavy atom. The molecule has 0 fully saturated rings. The van der Waals surface area contributed by atoms with E-state index >= 15 is 0 Å².